The minimum atomic E-state index is -0.981. The van der Waals surface area contributed by atoms with Gasteiger partial charge < -0.3 is 19.3 Å². The number of rotatable bonds is 3. The highest BCUT2D eigenvalue weighted by molar-refractivity contribution is 5.78. The van der Waals surface area contributed by atoms with E-state index in [9.17, 15) is 9.59 Å². The van der Waals surface area contributed by atoms with Crippen LogP contribution >= 0.6 is 0 Å². The summed E-state index contributed by atoms with van der Waals surface area (Å²) in [5.41, 5.74) is -0.228. The molecule has 0 amide bonds. The number of hydrogen-bond acceptors (Lipinski definition) is 6. The Morgan fingerprint density at radius 2 is 1.89 bits per heavy atom. The van der Waals surface area contributed by atoms with Gasteiger partial charge in [-0.25, -0.2) is 4.79 Å². The fourth-order valence-electron chi connectivity index (χ4n) is 1.55. The second-order valence-corrected chi connectivity index (χ2v) is 4.63. The maximum Gasteiger partial charge on any atom is 0.508 e. The summed E-state index contributed by atoms with van der Waals surface area (Å²) in [6, 6.07) is 6.33. The van der Waals surface area contributed by atoms with Crippen LogP contribution in [0.2, 0.25) is 0 Å². The minimum Gasteiger partial charge on any atom is -0.508 e. The van der Waals surface area contributed by atoms with E-state index in [1.54, 1.807) is 19.1 Å². The SMILES string of the molecule is CC1(C(=O)OCc2ccc(O)cc2)COC(=O)OC1. The number of benzene rings is 1. The molecule has 2 rings (SSSR count). The van der Waals surface area contributed by atoms with E-state index in [-0.39, 0.29) is 25.6 Å². The number of carbonyl (C=O) groups excluding carboxylic acids is 2. The molecule has 1 aromatic rings. The molecule has 6 heteroatoms. The molecule has 1 aromatic carbocycles. The van der Waals surface area contributed by atoms with E-state index < -0.39 is 17.5 Å². The summed E-state index contributed by atoms with van der Waals surface area (Å²) in [5.74, 6) is -0.345. The lowest BCUT2D eigenvalue weighted by Gasteiger charge is -2.29. The van der Waals surface area contributed by atoms with Crippen molar-refractivity contribution in [2.24, 2.45) is 5.41 Å². The average molecular weight is 266 g/mol. The second-order valence-electron chi connectivity index (χ2n) is 4.63. The largest absolute Gasteiger partial charge is 0.508 e. The van der Waals surface area contributed by atoms with Gasteiger partial charge in [-0.05, 0) is 24.6 Å². The lowest BCUT2D eigenvalue weighted by molar-refractivity contribution is -0.167. The number of cyclic esters (lactones) is 2. The van der Waals surface area contributed by atoms with Crippen molar-refractivity contribution in [3.8, 4) is 5.75 Å². The quantitative estimate of drug-likeness (QED) is 0.837. The van der Waals surface area contributed by atoms with Crippen LogP contribution in [0.3, 0.4) is 0 Å². The van der Waals surface area contributed by atoms with Gasteiger partial charge in [-0.1, -0.05) is 12.1 Å². The summed E-state index contributed by atoms with van der Waals surface area (Å²) in [4.78, 5) is 22.7. The number of aromatic hydroxyl groups is 1. The number of carbonyl (C=O) groups is 2. The third-order valence-corrected chi connectivity index (χ3v) is 2.82. The summed E-state index contributed by atoms with van der Waals surface area (Å²) < 4.78 is 14.5. The molecule has 6 nitrogen and oxygen atoms in total. The normalized spacial score (nSPS) is 17.2. The molecule has 0 bridgehead atoms. The summed E-state index contributed by atoms with van der Waals surface area (Å²) in [7, 11) is 0. The summed E-state index contributed by atoms with van der Waals surface area (Å²) in [5, 5.41) is 9.13. The third kappa shape index (κ3) is 3.15. The van der Waals surface area contributed by atoms with Gasteiger partial charge in [-0.15, -0.1) is 0 Å². The first kappa shape index (κ1) is 13.2. The van der Waals surface area contributed by atoms with E-state index in [4.69, 9.17) is 9.84 Å². The number of ether oxygens (including phenoxy) is 3. The molecular weight excluding hydrogens is 252 g/mol. The van der Waals surface area contributed by atoms with Gasteiger partial charge in [0.25, 0.3) is 0 Å². The molecule has 102 valence electrons. The number of hydrogen-bond donors (Lipinski definition) is 1. The van der Waals surface area contributed by atoms with Gasteiger partial charge in [0.15, 0.2) is 0 Å². The van der Waals surface area contributed by atoms with Crippen molar-refractivity contribution in [1.82, 2.24) is 0 Å². The third-order valence-electron chi connectivity index (χ3n) is 2.82. The standard InChI is InChI=1S/C13H14O6/c1-13(7-18-12(16)19-8-13)11(15)17-6-9-2-4-10(14)5-3-9/h2-5,14H,6-8H2,1H3. The second kappa shape index (κ2) is 5.17. The van der Waals surface area contributed by atoms with Crippen molar-refractivity contribution < 1.29 is 28.9 Å². The van der Waals surface area contributed by atoms with Crippen molar-refractivity contribution in [3.63, 3.8) is 0 Å². The van der Waals surface area contributed by atoms with Gasteiger partial charge in [0.05, 0.1) is 0 Å². The lowest BCUT2D eigenvalue weighted by atomic mass is 9.93. The van der Waals surface area contributed by atoms with Crippen LogP contribution in [0.15, 0.2) is 24.3 Å². The lowest BCUT2D eigenvalue weighted by Crippen LogP contribution is -2.44. The zero-order valence-electron chi connectivity index (χ0n) is 10.4. The maximum absolute atomic E-state index is 11.9. The van der Waals surface area contributed by atoms with E-state index in [1.807, 2.05) is 0 Å². The van der Waals surface area contributed by atoms with E-state index >= 15 is 0 Å². The molecule has 1 aliphatic rings. The van der Waals surface area contributed by atoms with E-state index in [1.165, 1.54) is 12.1 Å². The smallest absolute Gasteiger partial charge is 0.508 e. The molecule has 1 aliphatic heterocycles. The number of phenols is 1. The highest BCUT2D eigenvalue weighted by Crippen LogP contribution is 2.24. The van der Waals surface area contributed by atoms with Crippen LogP contribution in [0.5, 0.6) is 5.75 Å². The molecule has 1 heterocycles. The molecule has 1 N–H and O–H groups in total. The van der Waals surface area contributed by atoms with Crippen LogP contribution in [0.25, 0.3) is 0 Å². The molecule has 0 aliphatic carbocycles. The maximum atomic E-state index is 11.9. The van der Waals surface area contributed by atoms with Gasteiger partial charge in [0, 0.05) is 0 Å². The predicted molar refractivity (Wildman–Crippen MR) is 63.3 cm³/mol. The summed E-state index contributed by atoms with van der Waals surface area (Å²) >= 11 is 0. The fraction of sp³-hybridized carbons (Fsp3) is 0.385. The fourth-order valence-corrected chi connectivity index (χ4v) is 1.55. The van der Waals surface area contributed by atoms with Crippen molar-refractivity contribution in [3.05, 3.63) is 29.8 Å². The average Bonchev–Trinajstić information content (AvgIpc) is 2.41. The minimum absolute atomic E-state index is 0.0553. The number of phenolic OH excluding ortho intramolecular Hbond substituents is 1. The Hall–Kier alpha value is -2.24. The van der Waals surface area contributed by atoms with Crippen LogP contribution < -0.4 is 0 Å². The molecule has 0 spiro atoms. The first-order valence-electron chi connectivity index (χ1n) is 5.74. The van der Waals surface area contributed by atoms with Crippen molar-refractivity contribution in [2.75, 3.05) is 13.2 Å². The predicted octanol–water partition coefficient (Wildman–Crippen LogP) is 1.61. The number of esters is 1. The Morgan fingerprint density at radius 3 is 2.47 bits per heavy atom. The van der Waals surface area contributed by atoms with Gasteiger partial charge in [0.1, 0.15) is 31.0 Å². The molecular formula is C13H14O6. The highest BCUT2D eigenvalue weighted by atomic mass is 16.7. The van der Waals surface area contributed by atoms with Gasteiger partial charge in [-0.3, -0.25) is 4.79 Å². The Kier molecular flexibility index (Phi) is 3.59. The van der Waals surface area contributed by atoms with Crippen LogP contribution in [0.1, 0.15) is 12.5 Å². The molecule has 1 fully saturated rings. The van der Waals surface area contributed by atoms with Crippen molar-refractivity contribution in [1.29, 1.82) is 0 Å². The monoisotopic (exact) mass is 266 g/mol. The van der Waals surface area contributed by atoms with Crippen LogP contribution in [0, 0.1) is 5.41 Å². The zero-order chi connectivity index (χ0) is 13.9. The topological polar surface area (TPSA) is 82.1 Å². The highest BCUT2D eigenvalue weighted by Gasteiger charge is 2.41. The van der Waals surface area contributed by atoms with Crippen LogP contribution in [0.4, 0.5) is 4.79 Å². The van der Waals surface area contributed by atoms with Gasteiger partial charge >= 0.3 is 12.1 Å². The molecule has 0 atom stereocenters. The van der Waals surface area contributed by atoms with Crippen LogP contribution in [-0.2, 0) is 25.6 Å². The Labute approximate surface area is 109 Å². The van der Waals surface area contributed by atoms with Gasteiger partial charge in [0.2, 0.25) is 0 Å². The van der Waals surface area contributed by atoms with E-state index in [0.717, 1.165) is 5.56 Å². The zero-order valence-corrected chi connectivity index (χ0v) is 10.4. The van der Waals surface area contributed by atoms with Crippen molar-refractivity contribution >= 4 is 12.1 Å². The molecule has 1 saturated heterocycles. The molecule has 0 unspecified atom stereocenters. The molecule has 19 heavy (non-hydrogen) atoms. The van der Waals surface area contributed by atoms with E-state index in [2.05, 4.69) is 9.47 Å². The Bertz CT molecular complexity index is 468. The first-order chi connectivity index (χ1) is 8.99. The van der Waals surface area contributed by atoms with Crippen LogP contribution in [-0.4, -0.2) is 30.4 Å². The molecule has 0 aromatic heterocycles. The Morgan fingerprint density at radius 1 is 1.32 bits per heavy atom. The first-order valence-corrected chi connectivity index (χ1v) is 5.74. The van der Waals surface area contributed by atoms with Crippen molar-refractivity contribution in [2.45, 2.75) is 13.5 Å². The summed E-state index contributed by atoms with van der Waals surface area (Å²) in [6.45, 7) is 1.59. The van der Waals surface area contributed by atoms with Gasteiger partial charge in [-0.2, -0.15) is 0 Å². The Balaban J connectivity index is 1.90. The molecule has 0 saturated carbocycles. The molecule has 0 radical (unpaired) electrons. The van der Waals surface area contributed by atoms with E-state index in [0.29, 0.717) is 0 Å². The summed E-state index contributed by atoms with van der Waals surface area (Å²) in [6.07, 6.45) is -0.774.